The summed E-state index contributed by atoms with van der Waals surface area (Å²) in [5, 5.41) is 0. The fourth-order valence-electron chi connectivity index (χ4n) is 3.97. The Hall–Kier alpha value is -1.39. The molecular weight excluding hydrogens is 276 g/mol. The zero-order valence-corrected chi connectivity index (χ0v) is 13.3. The van der Waals surface area contributed by atoms with E-state index in [1.807, 2.05) is 18.2 Å². The van der Waals surface area contributed by atoms with E-state index in [-0.39, 0.29) is 11.9 Å². The van der Waals surface area contributed by atoms with Gasteiger partial charge in [-0.3, -0.25) is 4.79 Å². The Morgan fingerprint density at radius 2 is 2.00 bits per heavy atom. The highest BCUT2D eigenvalue weighted by Crippen LogP contribution is 2.39. The van der Waals surface area contributed by atoms with Crippen molar-refractivity contribution in [3.05, 3.63) is 35.9 Å². The SMILES string of the molecule is CC1CC(CN)CN1C(=O)C1(c2ccccc2)CCOCC1. The van der Waals surface area contributed by atoms with Crippen molar-refractivity contribution in [3.8, 4) is 0 Å². The predicted molar refractivity (Wildman–Crippen MR) is 86.5 cm³/mol. The molecule has 1 aromatic carbocycles. The molecule has 0 bridgehead atoms. The van der Waals surface area contributed by atoms with Crippen molar-refractivity contribution in [1.29, 1.82) is 0 Å². The predicted octanol–water partition coefficient (Wildman–Crippen LogP) is 1.93. The number of hydrogen-bond donors (Lipinski definition) is 1. The number of amides is 1. The zero-order chi connectivity index (χ0) is 15.6. The summed E-state index contributed by atoms with van der Waals surface area (Å²) < 4.78 is 5.54. The number of ether oxygens (including phenoxy) is 1. The lowest BCUT2D eigenvalue weighted by atomic mass is 9.73. The third-order valence-corrected chi connectivity index (χ3v) is 5.34. The van der Waals surface area contributed by atoms with E-state index in [0.29, 0.717) is 25.7 Å². The first-order valence-electron chi connectivity index (χ1n) is 8.32. The third kappa shape index (κ3) is 2.66. The minimum atomic E-state index is -0.419. The molecule has 2 unspecified atom stereocenters. The molecule has 0 saturated carbocycles. The van der Waals surface area contributed by atoms with Crippen LogP contribution in [0.1, 0.15) is 31.7 Å². The van der Waals surface area contributed by atoms with Crippen LogP contribution in [0.25, 0.3) is 0 Å². The maximum Gasteiger partial charge on any atom is 0.233 e. The van der Waals surface area contributed by atoms with Gasteiger partial charge in [-0.25, -0.2) is 0 Å². The highest BCUT2D eigenvalue weighted by atomic mass is 16.5. The second-order valence-corrected chi connectivity index (χ2v) is 6.70. The molecule has 4 heteroatoms. The molecule has 2 N–H and O–H groups in total. The highest BCUT2D eigenvalue weighted by molar-refractivity contribution is 5.89. The molecular formula is C18H26N2O2. The smallest absolute Gasteiger partial charge is 0.233 e. The Morgan fingerprint density at radius 3 is 2.59 bits per heavy atom. The van der Waals surface area contributed by atoms with E-state index < -0.39 is 5.41 Å². The zero-order valence-electron chi connectivity index (χ0n) is 13.3. The van der Waals surface area contributed by atoms with Crippen LogP contribution in [0.4, 0.5) is 0 Å². The minimum Gasteiger partial charge on any atom is -0.381 e. The lowest BCUT2D eigenvalue weighted by Crippen LogP contribution is -2.51. The fraction of sp³-hybridized carbons (Fsp3) is 0.611. The van der Waals surface area contributed by atoms with Crippen molar-refractivity contribution in [2.24, 2.45) is 11.7 Å². The Kier molecular flexibility index (Phi) is 4.50. The van der Waals surface area contributed by atoms with Crippen LogP contribution in [-0.2, 0) is 14.9 Å². The van der Waals surface area contributed by atoms with Crippen LogP contribution in [0, 0.1) is 5.92 Å². The van der Waals surface area contributed by atoms with Gasteiger partial charge in [0.1, 0.15) is 0 Å². The Balaban J connectivity index is 1.91. The summed E-state index contributed by atoms with van der Waals surface area (Å²) in [5.74, 6) is 0.706. The van der Waals surface area contributed by atoms with E-state index >= 15 is 0 Å². The Morgan fingerprint density at radius 1 is 1.32 bits per heavy atom. The Bertz CT molecular complexity index is 511. The minimum absolute atomic E-state index is 0.269. The van der Waals surface area contributed by atoms with E-state index in [0.717, 1.165) is 31.4 Å². The number of hydrogen-bond acceptors (Lipinski definition) is 3. The summed E-state index contributed by atoms with van der Waals surface area (Å²) in [5.41, 5.74) is 6.53. The first kappa shape index (κ1) is 15.5. The van der Waals surface area contributed by atoms with Crippen LogP contribution in [-0.4, -0.2) is 43.2 Å². The van der Waals surface area contributed by atoms with E-state index in [2.05, 4.69) is 24.0 Å². The maximum absolute atomic E-state index is 13.4. The van der Waals surface area contributed by atoms with E-state index in [4.69, 9.17) is 10.5 Å². The molecule has 4 nitrogen and oxygen atoms in total. The van der Waals surface area contributed by atoms with Gasteiger partial charge in [0.15, 0.2) is 0 Å². The molecule has 2 atom stereocenters. The number of nitrogens with two attached hydrogens (primary N) is 1. The van der Waals surface area contributed by atoms with Crippen LogP contribution in [0.15, 0.2) is 30.3 Å². The molecule has 3 rings (SSSR count). The van der Waals surface area contributed by atoms with Crippen LogP contribution in [0.2, 0.25) is 0 Å². The fourth-order valence-corrected chi connectivity index (χ4v) is 3.97. The van der Waals surface area contributed by atoms with Crippen molar-refractivity contribution in [2.45, 2.75) is 37.6 Å². The number of benzene rings is 1. The summed E-state index contributed by atoms with van der Waals surface area (Å²) >= 11 is 0. The van der Waals surface area contributed by atoms with E-state index in [1.54, 1.807) is 0 Å². The van der Waals surface area contributed by atoms with Gasteiger partial charge in [-0.2, -0.15) is 0 Å². The largest absolute Gasteiger partial charge is 0.381 e. The second kappa shape index (κ2) is 6.39. The van der Waals surface area contributed by atoms with Gasteiger partial charge in [0, 0.05) is 25.8 Å². The first-order valence-corrected chi connectivity index (χ1v) is 8.32. The van der Waals surface area contributed by atoms with Crippen LogP contribution in [0.5, 0.6) is 0 Å². The number of nitrogens with zero attached hydrogens (tertiary/aromatic N) is 1. The lowest BCUT2D eigenvalue weighted by Gasteiger charge is -2.40. The summed E-state index contributed by atoms with van der Waals surface area (Å²) in [6.07, 6.45) is 2.56. The van der Waals surface area contributed by atoms with Gasteiger partial charge in [0.05, 0.1) is 5.41 Å². The van der Waals surface area contributed by atoms with Crippen molar-refractivity contribution in [2.75, 3.05) is 26.3 Å². The van der Waals surface area contributed by atoms with Gasteiger partial charge >= 0.3 is 0 Å². The molecule has 2 heterocycles. The average molecular weight is 302 g/mol. The lowest BCUT2D eigenvalue weighted by molar-refractivity contribution is -0.142. The monoisotopic (exact) mass is 302 g/mol. The summed E-state index contributed by atoms with van der Waals surface area (Å²) in [7, 11) is 0. The van der Waals surface area contributed by atoms with Gasteiger partial charge in [0.2, 0.25) is 5.91 Å². The van der Waals surface area contributed by atoms with E-state index in [1.165, 1.54) is 0 Å². The van der Waals surface area contributed by atoms with Crippen molar-refractivity contribution in [3.63, 3.8) is 0 Å². The second-order valence-electron chi connectivity index (χ2n) is 6.70. The molecule has 22 heavy (non-hydrogen) atoms. The molecule has 0 aromatic heterocycles. The summed E-state index contributed by atoms with van der Waals surface area (Å²) in [6.45, 7) is 4.92. The molecule has 2 fully saturated rings. The number of rotatable bonds is 3. The average Bonchev–Trinajstić information content (AvgIpc) is 2.96. The Labute approximate surface area is 132 Å². The molecule has 1 aromatic rings. The summed E-state index contributed by atoms with van der Waals surface area (Å²) in [4.78, 5) is 15.5. The standard InChI is InChI=1S/C18H26N2O2/c1-14-11-15(12-19)13-20(14)17(21)18(7-9-22-10-8-18)16-5-3-2-4-6-16/h2-6,14-15H,7-13,19H2,1H3. The number of carbonyl (C=O) groups excluding carboxylic acids is 1. The molecule has 1 amide bonds. The van der Waals surface area contributed by atoms with Gasteiger partial charge in [-0.1, -0.05) is 30.3 Å². The van der Waals surface area contributed by atoms with Crippen molar-refractivity contribution < 1.29 is 9.53 Å². The third-order valence-electron chi connectivity index (χ3n) is 5.34. The van der Waals surface area contributed by atoms with Gasteiger partial charge in [-0.05, 0) is 44.2 Å². The molecule has 0 radical (unpaired) electrons. The van der Waals surface area contributed by atoms with Crippen LogP contribution in [0.3, 0.4) is 0 Å². The molecule has 0 aliphatic carbocycles. The topological polar surface area (TPSA) is 55.6 Å². The number of likely N-dealkylation sites (tertiary alicyclic amines) is 1. The van der Waals surface area contributed by atoms with Crippen LogP contribution >= 0.6 is 0 Å². The normalized spacial score (nSPS) is 27.8. The molecule has 2 aliphatic rings. The van der Waals surface area contributed by atoms with Crippen LogP contribution < -0.4 is 5.73 Å². The van der Waals surface area contributed by atoms with Crippen molar-refractivity contribution in [1.82, 2.24) is 4.90 Å². The molecule has 120 valence electrons. The number of carbonyl (C=O) groups is 1. The first-order chi connectivity index (χ1) is 10.7. The van der Waals surface area contributed by atoms with Gasteiger partial charge in [-0.15, -0.1) is 0 Å². The highest BCUT2D eigenvalue weighted by Gasteiger charge is 2.46. The van der Waals surface area contributed by atoms with Crippen molar-refractivity contribution >= 4 is 5.91 Å². The quantitative estimate of drug-likeness (QED) is 0.928. The van der Waals surface area contributed by atoms with Gasteiger partial charge in [0.25, 0.3) is 0 Å². The van der Waals surface area contributed by atoms with Gasteiger partial charge < -0.3 is 15.4 Å². The molecule has 2 aliphatic heterocycles. The summed E-state index contributed by atoms with van der Waals surface area (Å²) in [6, 6.07) is 10.5. The maximum atomic E-state index is 13.4. The molecule has 2 saturated heterocycles. The molecule has 0 spiro atoms. The van der Waals surface area contributed by atoms with E-state index in [9.17, 15) is 4.79 Å².